The summed E-state index contributed by atoms with van der Waals surface area (Å²) >= 11 is 0. The van der Waals surface area contributed by atoms with Gasteiger partial charge in [0.1, 0.15) is 12.7 Å². The second-order valence-electron chi connectivity index (χ2n) is 13.7. The van der Waals surface area contributed by atoms with Gasteiger partial charge in [0, 0.05) is 25.3 Å². The molecule has 4 fully saturated rings. The minimum atomic E-state index is -0.285. The van der Waals surface area contributed by atoms with E-state index in [0.29, 0.717) is 30.1 Å². The van der Waals surface area contributed by atoms with E-state index in [1.165, 1.54) is 25.3 Å². The number of methoxy groups -OCH3 is 1. The SMILES string of the molecule is COc1cc(/C=C2\CC3C4CC=C5CC(OC(C)=O)CC[C@]5(C)C4CC[C@]3(C)C2=O)ccc1OCCN1CCCC1. The third-order valence-electron chi connectivity index (χ3n) is 11.4. The fourth-order valence-corrected chi connectivity index (χ4v) is 9.15. The highest BCUT2D eigenvalue weighted by Gasteiger charge is 2.60. The van der Waals surface area contributed by atoms with Gasteiger partial charge in [-0.2, -0.15) is 0 Å². The molecule has 6 heteroatoms. The van der Waals surface area contributed by atoms with E-state index < -0.39 is 0 Å². The summed E-state index contributed by atoms with van der Waals surface area (Å²) < 4.78 is 17.4. The molecule has 1 aliphatic heterocycles. The summed E-state index contributed by atoms with van der Waals surface area (Å²) in [4.78, 5) is 28.0. The maximum Gasteiger partial charge on any atom is 0.302 e. The number of esters is 1. The standard InChI is InChI=1S/C35H47NO5/c1-23(37)41-27-11-13-34(2)26(22-27)8-9-28-29(34)12-14-35(3)30(28)21-25(33(35)38)19-24-7-10-31(32(20-24)39-4)40-18-17-36-15-5-6-16-36/h7-8,10,19-20,27-30H,5-6,9,11-18,21-22H2,1-4H3/b25-19+/t27?,28?,29?,30?,34-,35-/m0/s1. The lowest BCUT2D eigenvalue weighted by Gasteiger charge is -2.56. The Balaban J connectivity index is 1.18. The van der Waals surface area contributed by atoms with Crippen LogP contribution in [0.15, 0.2) is 35.4 Å². The van der Waals surface area contributed by atoms with Crippen molar-refractivity contribution in [2.75, 3.05) is 33.4 Å². The van der Waals surface area contributed by atoms with E-state index in [4.69, 9.17) is 14.2 Å². The van der Waals surface area contributed by atoms with Crippen LogP contribution in [0.1, 0.15) is 84.1 Å². The molecule has 4 unspecified atom stereocenters. The number of hydrogen-bond donors (Lipinski definition) is 0. The number of fused-ring (bicyclic) bond motifs is 5. The van der Waals surface area contributed by atoms with Gasteiger partial charge >= 0.3 is 5.97 Å². The van der Waals surface area contributed by atoms with Crippen molar-refractivity contribution in [3.8, 4) is 11.5 Å². The normalized spacial score (nSPS) is 35.9. The first-order chi connectivity index (χ1) is 19.7. The summed E-state index contributed by atoms with van der Waals surface area (Å²) in [5.41, 5.74) is 3.30. The number of carbonyl (C=O) groups excluding carboxylic acids is 2. The largest absolute Gasteiger partial charge is 0.493 e. The molecule has 4 aliphatic carbocycles. The molecular weight excluding hydrogens is 514 g/mol. The van der Waals surface area contributed by atoms with E-state index in [9.17, 15) is 9.59 Å². The van der Waals surface area contributed by atoms with E-state index >= 15 is 0 Å². The van der Waals surface area contributed by atoms with Crippen molar-refractivity contribution in [1.29, 1.82) is 0 Å². The molecule has 1 aromatic rings. The molecule has 0 aromatic heterocycles. The lowest BCUT2D eigenvalue weighted by atomic mass is 9.48. The maximum absolute atomic E-state index is 13.9. The van der Waals surface area contributed by atoms with Crippen molar-refractivity contribution in [2.24, 2.45) is 28.6 Å². The topological polar surface area (TPSA) is 65.1 Å². The van der Waals surface area contributed by atoms with Crippen molar-refractivity contribution in [2.45, 2.75) is 84.7 Å². The van der Waals surface area contributed by atoms with Crippen LogP contribution in [0, 0.1) is 28.6 Å². The van der Waals surface area contributed by atoms with Crippen LogP contribution < -0.4 is 9.47 Å². The smallest absolute Gasteiger partial charge is 0.302 e. The first-order valence-electron chi connectivity index (χ1n) is 15.9. The number of likely N-dealkylation sites (tertiary alicyclic amines) is 1. The van der Waals surface area contributed by atoms with Crippen molar-refractivity contribution in [3.05, 3.63) is 41.0 Å². The van der Waals surface area contributed by atoms with Gasteiger partial charge in [0.25, 0.3) is 0 Å². The average Bonchev–Trinajstić information content (AvgIpc) is 3.55. The number of carbonyl (C=O) groups is 2. The molecule has 0 radical (unpaired) electrons. The molecule has 6 nitrogen and oxygen atoms in total. The molecule has 1 aromatic carbocycles. The Labute approximate surface area is 245 Å². The van der Waals surface area contributed by atoms with Gasteiger partial charge < -0.3 is 14.2 Å². The summed E-state index contributed by atoms with van der Waals surface area (Å²) in [5.74, 6) is 3.11. The predicted molar refractivity (Wildman–Crippen MR) is 160 cm³/mol. The number of benzene rings is 1. The molecule has 0 amide bonds. The number of hydrogen-bond acceptors (Lipinski definition) is 6. The third kappa shape index (κ3) is 5.26. The van der Waals surface area contributed by atoms with Crippen molar-refractivity contribution >= 4 is 17.8 Å². The predicted octanol–water partition coefficient (Wildman–Crippen LogP) is 6.63. The van der Waals surface area contributed by atoms with Gasteiger partial charge in [0.05, 0.1) is 7.11 Å². The van der Waals surface area contributed by atoms with E-state index in [0.717, 1.165) is 87.2 Å². The zero-order valence-electron chi connectivity index (χ0n) is 25.4. The molecule has 222 valence electrons. The monoisotopic (exact) mass is 561 g/mol. The van der Waals surface area contributed by atoms with Gasteiger partial charge in [0.2, 0.25) is 0 Å². The van der Waals surface area contributed by atoms with E-state index in [1.54, 1.807) is 7.11 Å². The number of rotatable bonds is 7. The Morgan fingerprint density at radius 2 is 1.83 bits per heavy atom. The van der Waals surface area contributed by atoms with Crippen LogP contribution in [-0.4, -0.2) is 56.1 Å². The highest BCUT2D eigenvalue weighted by molar-refractivity contribution is 6.06. The van der Waals surface area contributed by atoms with Gasteiger partial charge in [0.15, 0.2) is 17.3 Å². The van der Waals surface area contributed by atoms with Crippen LogP contribution >= 0.6 is 0 Å². The second-order valence-corrected chi connectivity index (χ2v) is 13.7. The lowest BCUT2D eigenvalue weighted by molar-refractivity contribution is -0.148. The van der Waals surface area contributed by atoms with Gasteiger partial charge in [-0.15, -0.1) is 0 Å². The molecule has 41 heavy (non-hydrogen) atoms. The molecule has 0 spiro atoms. The van der Waals surface area contributed by atoms with Gasteiger partial charge in [-0.05, 0) is 117 Å². The first kappa shape index (κ1) is 28.5. The van der Waals surface area contributed by atoms with E-state index in [1.807, 2.05) is 12.1 Å². The first-order valence-corrected chi connectivity index (χ1v) is 15.9. The zero-order valence-corrected chi connectivity index (χ0v) is 25.4. The summed E-state index contributed by atoms with van der Waals surface area (Å²) in [7, 11) is 1.68. The third-order valence-corrected chi connectivity index (χ3v) is 11.4. The van der Waals surface area contributed by atoms with Crippen LogP contribution in [0.2, 0.25) is 0 Å². The minimum Gasteiger partial charge on any atom is -0.493 e. The van der Waals surface area contributed by atoms with Crippen LogP contribution in [0.5, 0.6) is 11.5 Å². The minimum absolute atomic E-state index is 0.0127. The average molecular weight is 562 g/mol. The Hall–Kier alpha value is -2.60. The molecular formula is C35H47NO5. The Bertz CT molecular complexity index is 1240. The summed E-state index contributed by atoms with van der Waals surface area (Å²) in [6.07, 6.45) is 13.9. The van der Waals surface area contributed by atoms with Crippen LogP contribution in [-0.2, 0) is 14.3 Å². The van der Waals surface area contributed by atoms with E-state index in [2.05, 4.69) is 37.0 Å². The fraction of sp³-hybridized carbons (Fsp3) is 0.657. The molecule has 1 heterocycles. The van der Waals surface area contributed by atoms with Crippen molar-refractivity contribution in [3.63, 3.8) is 0 Å². The Morgan fingerprint density at radius 1 is 1.05 bits per heavy atom. The molecule has 6 rings (SSSR count). The highest BCUT2D eigenvalue weighted by Crippen LogP contribution is 2.65. The molecule has 0 N–H and O–H groups in total. The Kier molecular flexibility index (Phi) is 7.82. The number of ketones is 1. The fourth-order valence-electron chi connectivity index (χ4n) is 9.15. The quantitative estimate of drug-likeness (QED) is 0.212. The van der Waals surface area contributed by atoms with Gasteiger partial charge in [-0.1, -0.05) is 31.6 Å². The molecule has 0 bridgehead atoms. The van der Waals surface area contributed by atoms with Crippen LogP contribution in [0.3, 0.4) is 0 Å². The number of ether oxygens (including phenoxy) is 3. The number of Topliss-reactive ketones (excluding diaryl/α,β-unsaturated/α-hetero) is 1. The van der Waals surface area contributed by atoms with E-state index in [-0.39, 0.29) is 22.9 Å². The molecule has 5 aliphatic rings. The summed E-state index contributed by atoms with van der Waals surface area (Å²) in [5, 5.41) is 0. The zero-order chi connectivity index (χ0) is 28.8. The molecule has 6 atom stereocenters. The van der Waals surface area contributed by atoms with Gasteiger partial charge in [-0.25, -0.2) is 0 Å². The van der Waals surface area contributed by atoms with Crippen LogP contribution in [0.4, 0.5) is 0 Å². The maximum atomic E-state index is 13.9. The molecule has 1 saturated heterocycles. The highest BCUT2D eigenvalue weighted by atomic mass is 16.5. The second kappa shape index (κ2) is 11.2. The number of nitrogens with zero attached hydrogens (tertiary/aromatic N) is 1. The van der Waals surface area contributed by atoms with Crippen molar-refractivity contribution in [1.82, 2.24) is 4.90 Å². The summed E-state index contributed by atoms with van der Waals surface area (Å²) in [6, 6.07) is 6.05. The Morgan fingerprint density at radius 3 is 2.59 bits per heavy atom. The van der Waals surface area contributed by atoms with Crippen molar-refractivity contribution < 1.29 is 23.8 Å². The van der Waals surface area contributed by atoms with Gasteiger partial charge in [-0.3, -0.25) is 14.5 Å². The lowest BCUT2D eigenvalue weighted by Crippen LogP contribution is -2.50. The summed E-state index contributed by atoms with van der Waals surface area (Å²) in [6.45, 7) is 10.1. The number of allylic oxidation sites excluding steroid dienone is 2. The van der Waals surface area contributed by atoms with Crippen LogP contribution in [0.25, 0.3) is 6.08 Å². The molecule has 3 saturated carbocycles.